The van der Waals surface area contributed by atoms with Gasteiger partial charge in [-0.05, 0) is 75.0 Å². The molecular formula is C22H29N3O3S. The number of hydrogen-bond donors (Lipinski definition) is 1. The zero-order chi connectivity index (χ0) is 20.2. The normalized spacial score (nSPS) is 30.7. The van der Waals surface area contributed by atoms with Gasteiger partial charge in [-0.2, -0.15) is 8.42 Å². The van der Waals surface area contributed by atoms with E-state index in [0.29, 0.717) is 29.4 Å². The SMILES string of the molecule is C[C@H](NC(=O)c1ccc2c(c1)S(=O)(=O)N=C1CCCCCN12)[C@@H]1C[C@H]2CC[C@H]1C2. The van der Waals surface area contributed by atoms with E-state index in [1.165, 1.54) is 31.7 Å². The van der Waals surface area contributed by atoms with Gasteiger partial charge in [0.2, 0.25) is 0 Å². The number of hydrogen-bond acceptors (Lipinski definition) is 4. The van der Waals surface area contributed by atoms with Crippen molar-refractivity contribution >= 4 is 27.5 Å². The summed E-state index contributed by atoms with van der Waals surface area (Å²) in [5.74, 6) is 2.55. The molecule has 0 radical (unpaired) electrons. The average Bonchev–Trinajstić information content (AvgIpc) is 3.25. The van der Waals surface area contributed by atoms with Crippen LogP contribution in [0.4, 0.5) is 5.69 Å². The lowest BCUT2D eigenvalue weighted by Crippen LogP contribution is -2.40. The zero-order valence-corrected chi connectivity index (χ0v) is 17.7. The molecule has 1 saturated heterocycles. The quantitative estimate of drug-likeness (QED) is 0.816. The second-order valence-corrected chi connectivity index (χ2v) is 10.8. The maximum atomic E-state index is 12.9. The first-order valence-electron chi connectivity index (χ1n) is 11.0. The van der Waals surface area contributed by atoms with E-state index in [-0.39, 0.29) is 16.8 Å². The van der Waals surface area contributed by atoms with Crippen LogP contribution < -0.4 is 10.2 Å². The van der Waals surface area contributed by atoms with Crippen molar-refractivity contribution in [3.05, 3.63) is 23.8 Å². The summed E-state index contributed by atoms with van der Waals surface area (Å²) in [6.45, 7) is 2.86. The third-order valence-corrected chi connectivity index (χ3v) is 8.74. The number of fused-ring (bicyclic) bond motifs is 5. The Balaban J connectivity index is 1.39. The Morgan fingerprint density at radius 3 is 2.83 bits per heavy atom. The Hall–Kier alpha value is -1.89. The molecule has 2 bridgehead atoms. The number of rotatable bonds is 3. The Morgan fingerprint density at radius 2 is 2.07 bits per heavy atom. The molecule has 2 aliphatic carbocycles. The Bertz CT molecular complexity index is 972. The summed E-state index contributed by atoms with van der Waals surface area (Å²) < 4.78 is 29.6. The molecule has 1 amide bonds. The summed E-state index contributed by atoms with van der Waals surface area (Å²) in [7, 11) is -3.77. The summed E-state index contributed by atoms with van der Waals surface area (Å²) in [4.78, 5) is 15.1. The first-order chi connectivity index (χ1) is 13.9. The second kappa shape index (κ2) is 7.11. The van der Waals surface area contributed by atoms with Crippen LogP contribution in [0.5, 0.6) is 0 Å². The van der Waals surface area contributed by atoms with Crippen molar-refractivity contribution in [3.63, 3.8) is 0 Å². The van der Waals surface area contributed by atoms with Crippen LogP contribution in [0.1, 0.15) is 68.6 Å². The molecule has 1 N–H and O–H groups in total. The van der Waals surface area contributed by atoms with Gasteiger partial charge in [0.05, 0.1) is 5.69 Å². The molecule has 1 aromatic carbocycles. The van der Waals surface area contributed by atoms with E-state index in [9.17, 15) is 13.2 Å². The fraction of sp³-hybridized carbons (Fsp3) is 0.636. The molecule has 29 heavy (non-hydrogen) atoms. The topological polar surface area (TPSA) is 78.8 Å². The van der Waals surface area contributed by atoms with Gasteiger partial charge in [-0.3, -0.25) is 4.79 Å². The summed E-state index contributed by atoms with van der Waals surface area (Å²) in [6.07, 6.45) is 8.86. The Labute approximate surface area is 172 Å². The van der Waals surface area contributed by atoms with E-state index < -0.39 is 10.0 Å². The summed E-state index contributed by atoms with van der Waals surface area (Å²) >= 11 is 0. The molecule has 7 heteroatoms. The van der Waals surface area contributed by atoms with Gasteiger partial charge in [0.1, 0.15) is 10.7 Å². The number of amides is 1. The highest BCUT2D eigenvalue weighted by atomic mass is 32.2. The smallest absolute Gasteiger partial charge is 0.286 e. The standard InChI is InChI=1S/C22H29N3O3S/c1-14(18-12-15-6-7-16(18)11-15)23-22(26)17-8-9-19-20(13-17)29(27,28)24-21-5-3-2-4-10-25(19)21/h8-9,13-16,18H,2-7,10-12H2,1H3,(H,23,26)/t14-,15-,16-,18-/m0/s1. The molecule has 0 unspecified atom stereocenters. The minimum absolute atomic E-state index is 0.112. The van der Waals surface area contributed by atoms with Gasteiger partial charge in [0, 0.05) is 24.6 Å². The van der Waals surface area contributed by atoms with Gasteiger partial charge in [-0.1, -0.05) is 12.8 Å². The van der Waals surface area contributed by atoms with Crippen LogP contribution in [0, 0.1) is 17.8 Å². The maximum Gasteiger partial charge on any atom is 0.286 e. The predicted molar refractivity (Wildman–Crippen MR) is 113 cm³/mol. The monoisotopic (exact) mass is 415 g/mol. The number of benzene rings is 1. The second-order valence-electron chi connectivity index (χ2n) is 9.23. The molecule has 3 fully saturated rings. The van der Waals surface area contributed by atoms with Crippen molar-refractivity contribution in [1.82, 2.24) is 5.32 Å². The molecule has 1 aromatic rings. The number of sulfonamides is 1. The van der Waals surface area contributed by atoms with Crippen LogP contribution in [0.2, 0.25) is 0 Å². The van der Waals surface area contributed by atoms with Gasteiger partial charge in [0.25, 0.3) is 15.9 Å². The van der Waals surface area contributed by atoms with Gasteiger partial charge < -0.3 is 10.2 Å². The van der Waals surface area contributed by atoms with Crippen molar-refractivity contribution in [1.29, 1.82) is 0 Å². The van der Waals surface area contributed by atoms with E-state index in [0.717, 1.165) is 37.6 Å². The largest absolute Gasteiger partial charge is 0.349 e. The van der Waals surface area contributed by atoms with Crippen molar-refractivity contribution in [2.75, 3.05) is 11.4 Å². The molecule has 2 saturated carbocycles. The van der Waals surface area contributed by atoms with Crippen molar-refractivity contribution in [2.24, 2.45) is 22.2 Å². The summed E-state index contributed by atoms with van der Waals surface area (Å²) in [6, 6.07) is 5.16. The zero-order valence-electron chi connectivity index (χ0n) is 16.9. The minimum atomic E-state index is -3.77. The first kappa shape index (κ1) is 19.1. The van der Waals surface area contributed by atoms with E-state index in [1.54, 1.807) is 12.1 Å². The highest BCUT2D eigenvalue weighted by Crippen LogP contribution is 2.49. The van der Waals surface area contributed by atoms with Gasteiger partial charge in [0.15, 0.2) is 0 Å². The Kier molecular flexibility index (Phi) is 4.68. The average molecular weight is 416 g/mol. The minimum Gasteiger partial charge on any atom is -0.349 e. The van der Waals surface area contributed by atoms with Gasteiger partial charge >= 0.3 is 0 Å². The van der Waals surface area contributed by atoms with Gasteiger partial charge in [-0.15, -0.1) is 4.40 Å². The molecule has 5 rings (SSSR count). The number of nitrogens with zero attached hydrogens (tertiary/aromatic N) is 2. The molecule has 0 aromatic heterocycles. The van der Waals surface area contributed by atoms with Crippen LogP contribution in [-0.4, -0.2) is 32.7 Å². The molecule has 156 valence electrons. The fourth-order valence-corrected chi connectivity index (χ4v) is 7.21. The lowest BCUT2D eigenvalue weighted by molar-refractivity contribution is 0.0915. The third-order valence-electron chi connectivity index (χ3n) is 7.40. The number of carbonyl (C=O) groups is 1. The van der Waals surface area contributed by atoms with Crippen LogP contribution >= 0.6 is 0 Å². The molecule has 0 spiro atoms. The van der Waals surface area contributed by atoms with Crippen LogP contribution in [-0.2, 0) is 10.0 Å². The molecular weight excluding hydrogens is 386 g/mol. The number of carbonyl (C=O) groups excluding carboxylic acids is 1. The highest BCUT2D eigenvalue weighted by Gasteiger charge is 2.42. The summed E-state index contributed by atoms with van der Waals surface area (Å²) in [5.41, 5.74) is 1.06. The lowest BCUT2D eigenvalue weighted by Gasteiger charge is -2.30. The highest BCUT2D eigenvalue weighted by molar-refractivity contribution is 7.90. The maximum absolute atomic E-state index is 12.9. The van der Waals surface area contributed by atoms with E-state index in [4.69, 9.17) is 0 Å². The van der Waals surface area contributed by atoms with Gasteiger partial charge in [-0.25, -0.2) is 0 Å². The first-order valence-corrected chi connectivity index (χ1v) is 12.4. The van der Waals surface area contributed by atoms with E-state index in [1.807, 2.05) is 4.90 Å². The van der Waals surface area contributed by atoms with E-state index >= 15 is 0 Å². The molecule has 2 heterocycles. The number of amidine groups is 1. The van der Waals surface area contributed by atoms with Crippen LogP contribution in [0.15, 0.2) is 27.5 Å². The lowest BCUT2D eigenvalue weighted by atomic mass is 9.84. The predicted octanol–water partition coefficient (Wildman–Crippen LogP) is 3.72. The van der Waals surface area contributed by atoms with Crippen molar-refractivity contribution < 1.29 is 13.2 Å². The van der Waals surface area contributed by atoms with Crippen molar-refractivity contribution in [2.45, 2.75) is 69.2 Å². The van der Waals surface area contributed by atoms with Crippen LogP contribution in [0.3, 0.4) is 0 Å². The molecule has 4 atom stereocenters. The van der Waals surface area contributed by atoms with Crippen LogP contribution in [0.25, 0.3) is 0 Å². The van der Waals surface area contributed by atoms with E-state index in [2.05, 4.69) is 16.6 Å². The fourth-order valence-electron chi connectivity index (χ4n) is 5.92. The third kappa shape index (κ3) is 3.37. The number of nitrogens with one attached hydrogen (secondary N) is 1. The van der Waals surface area contributed by atoms with Crippen molar-refractivity contribution in [3.8, 4) is 0 Å². The number of anilines is 1. The Morgan fingerprint density at radius 1 is 1.21 bits per heavy atom. The molecule has 2 aliphatic heterocycles. The summed E-state index contributed by atoms with van der Waals surface area (Å²) in [5, 5.41) is 3.14. The molecule has 6 nitrogen and oxygen atoms in total. The molecule has 4 aliphatic rings.